The fourth-order valence-electron chi connectivity index (χ4n) is 4.19. The molecule has 1 heterocycles. The van der Waals surface area contributed by atoms with Crippen LogP contribution in [-0.2, 0) is 19.1 Å². The van der Waals surface area contributed by atoms with Crippen LogP contribution >= 0.6 is 0 Å². The van der Waals surface area contributed by atoms with Crippen LogP contribution in [0.3, 0.4) is 0 Å². The van der Waals surface area contributed by atoms with Gasteiger partial charge in [0.25, 0.3) is 0 Å². The van der Waals surface area contributed by atoms with Crippen LogP contribution in [0.25, 0.3) is 0 Å². The van der Waals surface area contributed by atoms with E-state index in [0.717, 1.165) is 30.4 Å². The Hall–Kier alpha value is -1.84. The third-order valence-corrected chi connectivity index (χ3v) is 6.33. The monoisotopic (exact) mass is 330 g/mol. The van der Waals surface area contributed by atoms with E-state index < -0.39 is 0 Å². The van der Waals surface area contributed by atoms with Gasteiger partial charge in [-0.25, -0.2) is 9.59 Å². The highest BCUT2D eigenvalue weighted by Gasteiger charge is 2.52. The van der Waals surface area contributed by atoms with Crippen LogP contribution in [-0.4, -0.2) is 18.0 Å². The molecule has 4 heteroatoms. The zero-order valence-corrected chi connectivity index (χ0v) is 15.1. The van der Waals surface area contributed by atoms with Crippen LogP contribution in [0.1, 0.15) is 53.9 Å². The van der Waals surface area contributed by atoms with Gasteiger partial charge in [0.15, 0.2) is 0 Å². The second kappa shape index (κ2) is 5.91. The van der Waals surface area contributed by atoms with Crippen LogP contribution in [0.4, 0.5) is 0 Å². The molecule has 130 valence electrons. The van der Waals surface area contributed by atoms with Gasteiger partial charge in [-0.05, 0) is 57.4 Å². The van der Waals surface area contributed by atoms with Crippen LogP contribution in [0, 0.1) is 17.3 Å². The van der Waals surface area contributed by atoms with Crippen molar-refractivity contribution in [3.8, 4) is 0 Å². The van der Waals surface area contributed by atoms with Gasteiger partial charge < -0.3 is 9.47 Å². The summed E-state index contributed by atoms with van der Waals surface area (Å²) in [7, 11) is 0. The maximum atomic E-state index is 12.2. The van der Waals surface area contributed by atoms with E-state index in [9.17, 15) is 9.59 Å². The minimum Gasteiger partial charge on any atom is -0.458 e. The normalized spacial score (nSPS) is 35.9. The van der Waals surface area contributed by atoms with Crippen LogP contribution in [0.2, 0.25) is 0 Å². The molecule has 3 rings (SSSR count). The third-order valence-electron chi connectivity index (χ3n) is 6.33. The molecule has 0 aromatic rings. The van der Waals surface area contributed by atoms with Crippen LogP contribution < -0.4 is 0 Å². The fourth-order valence-corrected chi connectivity index (χ4v) is 4.19. The number of allylic oxidation sites excluding steroid dienone is 2. The number of carbonyl (C=O) groups excluding carboxylic acids is 2. The van der Waals surface area contributed by atoms with Crippen molar-refractivity contribution in [2.24, 2.45) is 17.3 Å². The summed E-state index contributed by atoms with van der Waals surface area (Å²) in [4.78, 5) is 24.1. The maximum Gasteiger partial charge on any atom is 0.339 e. The summed E-state index contributed by atoms with van der Waals surface area (Å²) in [5.41, 5.74) is 2.35. The lowest BCUT2D eigenvalue weighted by Crippen LogP contribution is -2.48. The number of hydrogen-bond acceptors (Lipinski definition) is 4. The Morgan fingerprint density at radius 1 is 1.42 bits per heavy atom. The molecule has 1 aliphatic heterocycles. The van der Waals surface area contributed by atoms with Gasteiger partial charge in [0.1, 0.15) is 11.9 Å². The summed E-state index contributed by atoms with van der Waals surface area (Å²) in [5, 5.41) is 0. The second-order valence-electron chi connectivity index (χ2n) is 7.63. The van der Waals surface area contributed by atoms with Gasteiger partial charge in [-0.3, -0.25) is 0 Å². The predicted molar refractivity (Wildman–Crippen MR) is 90.8 cm³/mol. The Bertz CT molecular complexity index is 682. The fraction of sp³-hybridized carbons (Fsp3) is 0.600. The molecule has 4 nitrogen and oxygen atoms in total. The van der Waals surface area contributed by atoms with Gasteiger partial charge in [-0.1, -0.05) is 19.9 Å². The van der Waals surface area contributed by atoms with Crippen molar-refractivity contribution in [3.63, 3.8) is 0 Å². The van der Waals surface area contributed by atoms with Gasteiger partial charge in [0.05, 0.1) is 0 Å². The molecule has 0 N–H and O–H groups in total. The molecular weight excluding hydrogens is 304 g/mol. The molecule has 0 spiro atoms. The summed E-state index contributed by atoms with van der Waals surface area (Å²) < 4.78 is 11.2. The number of hydrogen-bond donors (Lipinski definition) is 0. The van der Waals surface area contributed by atoms with Gasteiger partial charge in [0, 0.05) is 22.6 Å². The molecule has 2 aliphatic carbocycles. The quantitative estimate of drug-likeness (QED) is 0.565. The lowest BCUT2D eigenvalue weighted by molar-refractivity contribution is -0.154. The summed E-state index contributed by atoms with van der Waals surface area (Å²) in [6.07, 6.45) is 6.31. The van der Waals surface area contributed by atoms with Gasteiger partial charge in [0.2, 0.25) is 0 Å². The van der Waals surface area contributed by atoms with Gasteiger partial charge in [-0.2, -0.15) is 0 Å². The van der Waals surface area contributed by atoms with E-state index in [4.69, 9.17) is 9.47 Å². The number of ether oxygens (including phenoxy) is 2. The molecule has 0 amide bonds. The summed E-state index contributed by atoms with van der Waals surface area (Å²) in [6, 6.07) is 0. The van der Waals surface area contributed by atoms with Crippen molar-refractivity contribution in [3.05, 3.63) is 34.6 Å². The average Bonchev–Trinajstić information content (AvgIpc) is 2.82. The molecule has 0 bridgehead atoms. The lowest BCUT2D eigenvalue weighted by Gasteiger charge is -2.50. The predicted octanol–water partition coefficient (Wildman–Crippen LogP) is 4.08. The van der Waals surface area contributed by atoms with E-state index in [2.05, 4.69) is 13.8 Å². The van der Waals surface area contributed by atoms with Gasteiger partial charge >= 0.3 is 11.9 Å². The Morgan fingerprint density at radius 3 is 2.79 bits per heavy atom. The lowest BCUT2D eigenvalue weighted by atomic mass is 9.56. The summed E-state index contributed by atoms with van der Waals surface area (Å²) in [6.45, 7) is 9.96. The SMILES string of the molecule is C/C=C(/C)C(=O)O[C@@H]1CC[C@H](C)[C@@]2(C)CC3=C(C)C(=O)OC3=C[C@@H]12. The van der Waals surface area contributed by atoms with Crippen LogP contribution in [0.5, 0.6) is 0 Å². The first-order chi connectivity index (χ1) is 11.3. The van der Waals surface area contributed by atoms with Crippen molar-refractivity contribution in [1.82, 2.24) is 0 Å². The third kappa shape index (κ3) is 2.52. The molecule has 0 unspecified atom stereocenters. The molecule has 0 aromatic carbocycles. The number of fused-ring (bicyclic) bond motifs is 2. The number of carbonyl (C=O) groups is 2. The molecule has 4 atom stereocenters. The number of esters is 2. The first-order valence-corrected chi connectivity index (χ1v) is 8.76. The molecule has 24 heavy (non-hydrogen) atoms. The van der Waals surface area contributed by atoms with Crippen molar-refractivity contribution in [2.45, 2.75) is 60.0 Å². The Balaban J connectivity index is 1.95. The van der Waals surface area contributed by atoms with Crippen molar-refractivity contribution < 1.29 is 19.1 Å². The molecule has 0 aromatic heterocycles. The van der Waals surface area contributed by atoms with E-state index in [0.29, 0.717) is 17.3 Å². The Morgan fingerprint density at radius 2 is 2.12 bits per heavy atom. The Kier molecular flexibility index (Phi) is 4.18. The molecular formula is C20H26O4. The highest BCUT2D eigenvalue weighted by molar-refractivity contribution is 5.94. The second-order valence-corrected chi connectivity index (χ2v) is 7.63. The molecule has 0 saturated heterocycles. The summed E-state index contributed by atoms with van der Waals surface area (Å²) >= 11 is 0. The number of rotatable bonds is 2. The highest BCUT2D eigenvalue weighted by Crippen LogP contribution is 2.56. The average molecular weight is 330 g/mol. The minimum absolute atomic E-state index is 0.0267. The molecule has 1 fully saturated rings. The molecule has 0 radical (unpaired) electrons. The van der Waals surface area contributed by atoms with Crippen molar-refractivity contribution in [1.29, 1.82) is 0 Å². The first-order valence-electron chi connectivity index (χ1n) is 8.76. The Labute approximate surface area is 143 Å². The first kappa shape index (κ1) is 17.0. The molecule has 3 aliphatic rings. The smallest absolute Gasteiger partial charge is 0.339 e. The maximum absolute atomic E-state index is 12.2. The molecule has 1 saturated carbocycles. The summed E-state index contributed by atoms with van der Waals surface area (Å²) in [5.74, 6) is 0.752. The zero-order valence-electron chi connectivity index (χ0n) is 15.1. The van der Waals surface area contributed by atoms with E-state index in [1.165, 1.54) is 0 Å². The standard InChI is InChI=1S/C20H26O4/c1-6-11(2)18(21)23-16-8-7-12(3)20(5)10-14-13(4)19(22)24-17(14)9-15(16)20/h6,9,12,15-16H,7-8,10H2,1-5H3/b11-6-/t12-,15-,16+,20+/m0/s1. The largest absolute Gasteiger partial charge is 0.458 e. The minimum atomic E-state index is -0.251. The van der Waals surface area contributed by atoms with Gasteiger partial charge in [-0.15, -0.1) is 0 Å². The zero-order chi connectivity index (χ0) is 17.6. The topological polar surface area (TPSA) is 52.6 Å². The van der Waals surface area contributed by atoms with Crippen molar-refractivity contribution in [2.75, 3.05) is 0 Å². The highest BCUT2D eigenvalue weighted by atomic mass is 16.5. The van der Waals surface area contributed by atoms with E-state index in [1.54, 1.807) is 13.0 Å². The van der Waals surface area contributed by atoms with E-state index in [-0.39, 0.29) is 29.4 Å². The van der Waals surface area contributed by atoms with E-state index >= 15 is 0 Å². The van der Waals surface area contributed by atoms with Crippen molar-refractivity contribution >= 4 is 11.9 Å². The van der Waals surface area contributed by atoms with Crippen LogP contribution in [0.15, 0.2) is 34.6 Å². The van der Waals surface area contributed by atoms with E-state index in [1.807, 2.05) is 19.9 Å².